The summed E-state index contributed by atoms with van der Waals surface area (Å²) in [5.74, 6) is 0. The molecule has 32 heavy (non-hydrogen) atoms. The molecule has 0 saturated carbocycles. The molecule has 0 nitrogen and oxygen atoms in total. The fourth-order valence-electron chi connectivity index (χ4n) is 4.90. The summed E-state index contributed by atoms with van der Waals surface area (Å²) in [7, 11) is 0. The molecule has 0 N–H and O–H groups in total. The Morgan fingerprint density at radius 2 is 0.750 bits per heavy atom. The van der Waals surface area contributed by atoms with Crippen molar-refractivity contribution in [2.24, 2.45) is 0 Å². The average Bonchev–Trinajstić information content (AvgIpc) is 2.89. The molecule has 6 aromatic rings. The first-order valence-corrected chi connectivity index (χ1v) is 14.8. The zero-order valence-corrected chi connectivity index (χ0v) is 20.1. The van der Waals surface area contributed by atoms with Gasteiger partial charge in [-0.2, -0.15) is 0 Å². The number of hydrogen-bond acceptors (Lipinski definition) is 0. The van der Waals surface area contributed by atoms with Crippen molar-refractivity contribution in [2.45, 2.75) is 0 Å². The van der Waals surface area contributed by atoms with Gasteiger partial charge < -0.3 is 0 Å². The molecule has 0 fully saturated rings. The van der Waals surface area contributed by atoms with E-state index in [0.29, 0.717) is 0 Å². The standard InChI is InChI=1S/C30H21PSe/c32-31(22-12-3-1-4-13-22,23-14-5-2-6-15-23)29-21-11-20-28-26-17-8-7-16-24(26)25-18-9-10-19-27(25)30(28)29/h1-21H. The van der Waals surface area contributed by atoms with Gasteiger partial charge in [0, 0.05) is 0 Å². The van der Waals surface area contributed by atoms with E-state index in [9.17, 15) is 0 Å². The Hall–Kier alpha value is -2.95. The summed E-state index contributed by atoms with van der Waals surface area (Å²) in [6, 6.07) is 46.5. The fourth-order valence-corrected chi connectivity index (χ4v) is 10.3. The molecule has 152 valence electrons. The van der Waals surface area contributed by atoms with Gasteiger partial charge in [-0.05, 0) is 0 Å². The molecule has 0 unspecified atom stereocenters. The maximum atomic E-state index is 3.76. The third-order valence-corrected chi connectivity index (χ3v) is 13.3. The van der Waals surface area contributed by atoms with Crippen LogP contribution in [0.2, 0.25) is 0 Å². The van der Waals surface area contributed by atoms with Gasteiger partial charge in [-0.15, -0.1) is 0 Å². The van der Waals surface area contributed by atoms with E-state index in [0.717, 1.165) is 0 Å². The van der Waals surface area contributed by atoms with Crippen molar-refractivity contribution >= 4 is 68.8 Å². The molecule has 0 spiro atoms. The van der Waals surface area contributed by atoms with Crippen LogP contribution in [0, 0.1) is 0 Å². The molecule has 0 aliphatic carbocycles. The van der Waals surface area contributed by atoms with E-state index in [1.54, 1.807) is 0 Å². The first-order valence-electron chi connectivity index (χ1n) is 10.8. The topological polar surface area (TPSA) is 0 Å². The van der Waals surface area contributed by atoms with Crippen molar-refractivity contribution in [3.8, 4) is 0 Å². The second-order valence-corrected chi connectivity index (χ2v) is 14.3. The summed E-state index contributed by atoms with van der Waals surface area (Å²) in [5, 5.41) is 12.1. The molecule has 0 bridgehead atoms. The minimum atomic E-state index is -1.98. The molecule has 0 aliphatic heterocycles. The summed E-state index contributed by atoms with van der Waals surface area (Å²) in [5.41, 5.74) is -1.98. The zero-order valence-electron chi connectivity index (χ0n) is 17.5. The first-order chi connectivity index (χ1) is 15.8. The molecule has 0 heterocycles. The second-order valence-electron chi connectivity index (χ2n) is 8.07. The normalized spacial score (nSPS) is 11.9. The van der Waals surface area contributed by atoms with E-state index >= 15 is 0 Å². The van der Waals surface area contributed by atoms with Gasteiger partial charge in [0.1, 0.15) is 0 Å². The summed E-state index contributed by atoms with van der Waals surface area (Å²) in [4.78, 5) is 0. The monoisotopic (exact) mass is 492 g/mol. The molecule has 0 atom stereocenters. The van der Waals surface area contributed by atoms with Crippen molar-refractivity contribution in [2.75, 3.05) is 0 Å². The van der Waals surface area contributed by atoms with Crippen LogP contribution in [0.4, 0.5) is 0 Å². The van der Waals surface area contributed by atoms with Crippen LogP contribution >= 0.6 is 5.51 Å². The van der Waals surface area contributed by atoms with E-state index in [4.69, 9.17) is 0 Å². The Bertz CT molecular complexity index is 1550. The zero-order chi connectivity index (χ0) is 21.5. The fraction of sp³-hybridized carbons (Fsp3) is 0. The Kier molecular flexibility index (Phi) is 4.85. The van der Waals surface area contributed by atoms with Crippen LogP contribution in [-0.2, 0) is 0 Å². The molecule has 2 heteroatoms. The first kappa shape index (κ1) is 19.7. The third-order valence-electron chi connectivity index (χ3n) is 6.33. The van der Waals surface area contributed by atoms with Gasteiger partial charge in [0.05, 0.1) is 0 Å². The van der Waals surface area contributed by atoms with Crippen molar-refractivity contribution in [3.63, 3.8) is 0 Å². The van der Waals surface area contributed by atoms with Crippen LogP contribution in [0.15, 0.2) is 127 Å². The molecule has 0 radical (unpaired) electrons. The molecule has 0 aliphatic rings. The molecule has 6 rings (SSSR count). The average molecular weight is 491 g/mol. The predicted octanol–water partition coefficient (Wildman–Crippen LogP) is 6.52. The predicted molar refractivity (Wildman–Crippen MR) is 143 cm³/mol. The molecular formula is C30H21PSe. The third kappa shape index (κ3) is 2.94. The minimum absolute atomic E-state index is 1.32. The van der Waals surface area contributed by atoms with Crippen LogP contribution in [0.3, 0.4) is 0 Å². The van der Waals surface area contributed by atoms with Crippen LogP contribution in [0.5, 0.6) is 0 Å². The van der Waals surface area contributed by atoms with E-state index in [-0.39, 0.29) is 0 Å². The summed E-state index contributed by atoms with van der Waals surface area (Å²) in [6.45, 7) is 0. The Labute approximate surface area is 195 Å². The van der Waals surface area contributed by atoms with E-state index in [2.05, 4.69) is 142 Å². The Balaban J connectivity index is 1.85. The Morgan fingerprint density at radius 1 is 0.375 bits per heavy atom. The number of rotatable bonds is 3. The molecule has 0 amide bonds. The quantitative estimate of drug-likeness (QED) is 0.150. The van der Waals surface area contributed by atoms with Crippen LogP contribution in [0.25, 0.3) is 32.3 Å². The number of benzene rings is 6. The molecule has 0 aromatic heterocycles. The van der Waals surface area contributed by atoms with Gasteiger partial charge >= 0.3 is 196 Å². The van der Waals surface area contributed by atoms with Crippen LogP contribution < -0.4 is 15.9 Å². The molecule has 0 saturated heterocycles. The van der Waals surface area contributed by atoms with Crippen molar-refractivity contribution < 1.29 is 0 Å². The molecule has 6 aromatic carbocycles. The summed E-state index contributed by atoms with van der Waals surface area (Å²) < 4.78 is 0. The van der Waals surface area contributed by atoms with Gasteiger partial charge in [0.25, 0.3) is 0 Å². The SMILES string of the molecule is [Se]=P(c1ccccc1)(c1ccccc1)c1cccc2c3ccccc3c3ccccc3c12. The summed E-state index contributed by atoms with van der Waals surface area (Å²) >= 11 is 3.76. The van der Waals surface area contributed by atoms with Crippen molar-refractivity contribution in [3.05, 3.63) is 127 Å². The van der Waals surface area contributed by atoms with Gasteiger partial charge in [-0.3, -0.25) is 0 Å². The second kappa shape index (κ2) is 7.88. The van der Waals surface area contributed by atoms with E-state index in [1.165, 1.54) is 48.2 Å². The summed E-state index contributed by atoms with van der Waals surface area (Å²) in [6.07, 6.45) is 0. The maximum absolute atomic E-state index is 3.76. The van der Waals surface area contributed by atoms with Crippen molar-refractivity contribution in [1.82, 2.24) is 0 Å². The van der Waals surface area contributed by atoms with Gasteiger partial charge in [-0.25, -0.2) is 0 Å². The van der Waals surface area contributed by atoms with Crippen LogP contribution in [0.1, 0.15) is 0 Å². The van der Waals surface area contributed by atoms with Crippen LogP contribution in [-0.4, -0.2) is 15.1 Å². The van der Waals surface area contributed by atoms with Gasteiger partial charge in [-0.1, -0.05) is 0 Å². The van der Waals surface area contributed by atoms with Gasteiger partial charge in [0.2, 0.25) is 0 Å². The van der Waals surface area contributed by atoms with E-state index in [1.807, 2.05) is 0 Å². The number of hydrogen-bond donors (Lipinski definition) is 0. The molecular weight excluding hydrogens is 470 g/mol. The number of fused-ring (bicyclic) bond motifs is 6. The Morgan fingerprint density at radius 3 is 1.25 bits per heavy atom. The van der Waals surface area contributed by atoms with E-state index < -0.39 is 5.51 Å². The van der Waals surface area contributed by atoms with Gasteiger partial charge in [0.15, 0.2) is 0 Å². The van der Waals surface area contributed by atoms with Crippen molar-refractivity contribution in [1.29, 1.82) is 0 Å².